The number of aromatic nitrogens is 1. The molecule has 0 bridgehead atoms. The van der Waals surface area contributed by atoms with Gasteiger partial charge >= 0.3 is 0 Å². The summed E-state index contributed by atoms with van der Waals surface area (Å²) in [6.45, 7) is 6.40. The molecule has 110 valence electrons. The van der Waals surface area contributed by atoms with Gasteiger partial charge in [-0.25, -0.2) is 4.98 Å². The molecule has 0 saturated carbocycles. The van der Waals surface area contributed by atoms with Crippen LogP contribution in [0.1, 0.15) is 26.3 Å². The van der Waals surface area contributed by atoms with Gasteiger partial charge in [-0.2, -0.15) is 0 Å². The van der Waals surface area contributed by atoms with E-state index in [1.54, 1.807) is 18.3 Å². The Labute approximate surface area is 125 Å². The lowest BCUT2D eigenvalue weighted by atomic mass is 9.87. The van der Waals surface area contributed by atoms with Crippen LogP contribution in [-0.4, -0.2) is 17.5 Å². The van der Waals surface area contributed by atoms with E-state index in [2.05, 4.69) is 31.1 Å². The molecule has 1 heterocycles. The predicted molar refractivity (Wildman–Crippen MR) is 83.5 cm³/mol. The van der Waals surface area contributed by atoms with Gasteiger partial charge in [0, 0.05) is 18.0 Å². The first-order valence-electron chi connectivity index (χ1n) is 6.89. The zero-order valence-electron chi connectivity index (χ0n) is 12.6. The SMILES string of the molecule is CC(C)(C)c1ccc(NC(=O)COc2ccccn2)cc1. The van der Waals surface area contributed by atoms with Crippen molar-refractivity contribution in [2.75, 3.05) is 11.9 Å². The number of carbonyl (C=O) groups is 1. The summed E-state index contributed by atoms with van der Waals surface area (Å²) in [5.74, 6) is 0.236. The summed E-state index contributed by atoms with van der Waals surface area (Å²) in [5, 5.41) is 2.80. The lowest BCUT2D eigenvalue weighted by Crippen LogP contribution is -2.20. The van der Waals surface area contributed by atoms with Gasteiger partial charge in [0.15, 0.2) is 6.61 Å². The van der Waals surface area contributed by atoms with E-state index in [-0.39, 0.29) is 17.9 Å². The quantitative estimate of drug-likeness (QED) is 0.936. The Morgan fingerprint density at radius 1 is 1.14 bits per heavy atom. The normalized spacial score (nSPS) is 11.0. The maximum atomic E-state index is 11.8. The molecular weight excluding hydrogens is 264 g/mol. The third-order valence-electron chi connectivity index (χ3n) is 3.02. The van der Waals surface area contributed by atoms with Crippen molar-refractivity contribution in [2.45, 2.75) is 26.2 Å². The van der Waals surface area contributed by atoms with Gasteiger partial charge in [0.05, 0.1) is 0 Å². The number of hydrogen-bond donors (Lipinski definition) is 1. The number of anilines is 1. The van der Waals surface area contributed by atoms with Crippen LogP contribution < -0.4 is 10.1 Å². The smallest absolute Gasteiger partial charge is 0.262 e. The topological polar surface area (TPSA) is 51.2 Å². The Morgan fingerprint density at radius 3 is 2.43 bits per heavy atom. The minimum atomic E-state index is -0.204. The zero-order valence-corrected chi connectivity index (χ0v) is 12.6. The van der Waals surface area contributed by atoms with Crippen molar-refractivity contribution in [2.24, 2.45) is 0 Å². The van der Waals surface area contributed by atoms with Crippen LogP contribution in [-0.2, 0) is 10.2 Å². The van der Waals surface area contributed by atoms with Gasteiger partial charge in [-0.05, 0) is 29.2 Å². The van der Waals surface area contributed by atoms with Gasteiger partial charge in [0.25, 0.3) is 5.91 Å². The number of amides is 1. The molecule has 4 heteroatoms. The first-order chi connectivity index (χ1) is 9.95. The van der Waals surface area contributed by atoms with Crippen LogP contribution in [0, 0.1) is 0 Å². The van der Waals surface area contributed by atoms with E-state index in [0.717, 1.165) is 5.69 Å². The minimum Gasteiger partial charge on any atom is -0.468 e. The predicted octanol–water partition coefficient (Wildman–Crippen LogP) is 3.40. The number of rotatable bonds is 4. The van der Waals surface area contributed by atoms with Crippen molar-refractivity contribution in [3.8, 4) is 5.88 Å². The summed E-state index contributed by atoms with van der Waals surface area (Å²) in [6, 6.07) is 13.2. The lowest BCUT2D eigenvalue weighted by Gasteiger charge is -2.19. The molecule has 0 saturated heterocycles. The highest BCUT2D eigenvalue weighted by Crippen LogP contribution is 2.23. The fourth-order valence-electron chi connectivity index (χ4n) is 1.82. The number of carbonyl (C=O) groups excluding carboxylic acids is 1. The van der Waals surface area contributed by atoms with E-state index in [9.17, 15) is 4.79 Å². The fraction of sp³-hybridized carbons (Fsp3) is 0.294. The van der Waals surface area contributed by atoms with E-state index in [1.807, 2.05) is 30.3 Å². The summed E-state index contributed by atoms with van der Waals surface area (Å²) >= 11 is 0. The molecule has 21 heavy (non-hydrogen) atoms. The molecule has 2 aromatic rings. The standard InChI is InChI=1S/C17H20N2O2/c1-17(2,3)13-7-9-14(10-8-13)19-15(20)12-21-16-6-4-5-11-18-16/h4-11H,12H2,1-3H3,(H,19,20). The monoisotopic (exact) mass is 284 g/mol. The largest absolute Gasteiger partial charge is 0.468 e. The number of ether oxygens (including phenoxy) is 1. The third kappa shape index (κ3) is 4.60. The number of nitrogens with zero attached hydrogens (tertiary/aromatic N) is 1. The van der Waals surface area contributed by atoms with Crippen LogP contribution in [0.2, 0.25) is 0 Å². The summed E-state index contributed by atoms with van der Waals surface area (Å²) in [6.07, 6.45) is 1.62. The van der Waals surface area contributed by atoms with Gasteiger partial charge < -0.3 is 10.1 Å². The number of pyridine rings is 1. The molecule has 1 N–H and O–H groups in total. The molecule has 1 aromatic carbocycles. The molecule has 0 spiro atoms. The zero-order chi connectivity index (χ0) is 15.3. The summed E-state index contributed by atoms with van der Waals surface area (Å²) < 4.78 is 5.29. The molecule has 0 atom stereocenters. The van der Waals surface area contributed by atoms with Gasteiger partial charge in [-0.1, -0.05) is 39.0 Å². The molecule has 4 nitrogen and oxygen atoms in total. The Morgan fingerprint density at radius 2 is 1.86 bits per heavy atom. The van der Waals surface area contributed by atoms with E-state index in [0.29, 0.717) is 5.88 Å². The van der Waals surface area contributed by atoms with Crippen LogP contribution in [0.4, 0.5) is 5.69 Å². The van der Waals surface area contributed by atoms with Crippen LogP contribution in [0.3, 0.4) is 0 Å². The Balaban J connectivity index is 1.88. The molecule has 0 unspecified atom stereocenters. The molecule has 0 aliphatic rings. The first kappa shape index (κ1) is 15.0. The second kappa shape index (κ2) is 6.39. The van der Waals surface area contributed by atoms with Gasteiger partial charge in [-0.3, -0.25) is 4.79 Å². The lowest BCUT2D eigenvalue weighted by molar-refractivity contribution is -0.118. The van der Waals surface area contributed by atoms with Crippen LogP contribution >= 0.6 is 0 Å². The fourth-order valence-corrected chi connectivity index (χ4v) is 1.82. The molecular formula is C17H20N2O2. The molecule has 0 radical (unpaired) electrons. The van der Waals surface area contributed by atoms with E-state index < -0.39 is 0 Å². The molecule has 0 aliphatic heterocycles. The number of hydrogen-bond acceptors (Lipinski definition) is 3. The summed E-state index contributed by atoms with van der Waals surface area (Å²) in [7, 11) is 0. The van der Waals surface area contributed by atoms with Crippen LogP contribution in [0.25, 0.3) is 0 Å². The second-order valence-electron chi connectivity index (χ2n) is 5.83. The molecule has 1 aromatic heterocycles. The Kier molecular flexibility index (Phi) is 4.58. The van der Waals surface area contributed by atoms with Crippen molar-refractivity contribution >= 4 is 11.6 Å². The maximum Gasteiger partial charge on any atom is 0.262 e. The first-order valence-corrected chi connectivity index (χ1v) is 6.89. The van der Waals surface area contributed by atoms with Crippen molar-refractivity contribution in [1.82, 2.24) is 4.98 Å². The third-order valence-corrected chi connectivity index (χ3v) is 3.02. The van der Waals surface area contributed by atoms with Crippen LogP contribution in [0.15, 0.2) is 48.7 Å². The number of nitrogens with one attached hydrogen (secondary N) is 1. The van der Waals surface area contributed by atoms with E-state index in [1.165, 1.54) is 5.56 Å². The Bertz CT molecular complexity index is 586. The average molecular weight is 284 g/mol. The number of benzene rings is 1. The van der Waals surface area contributed by atoms with Crippen molar-refractivity contribution < 1.29 is 9.53 Å². The van der Waals surface area contributed by atoms with Gasteiger partial charge in [0.1, 0.15) is 0 Å². The molecule has 0 aliphatic carbocycles. The van der Waals surface area contributed by atoms with E-state index in [4.69, 9.17) is 4.74 Å². The summed E-state index contributed by atoms with van der Waals surface area (Å²) in [5.41, 5.74) is 2.09. The Hall–Kier alpha value is -2.36. The minimum absolute atomic E-state index is 0.0575. The van der Waals surface area contributed by atoms with Crippen molar-refractivity contribution in [1.29, 1.82) is 0 Å². The van der Waals surface area contributed by atoms with E-state index >= 15 is 0 Å². The average Bonchev–Trinajstić information content (AvgIpc) is 2.46. The van der Waals surface area contributed by atoms with Crippen LogP contribution in [0.5, 0.6) is 5.88 Å². The van der Waals surface area contributed by atoms with Crippen molar-refractivity contribution in [3.05, 3.63) is 54.2 Å². The maximum absolute atomic E-state index is 11.8. The van der Waals surface area contributed by atoms with Crippen molar-refractivity contribution in [3.63, 3.8) is 0 Å². The highest BCUT2D eigenvalue weighted by atomic mass is 16.5. The van der Waals surface area contributed by atoms with Gasteiger partial charge in [-0.15, -0.1) is 0 Å². The summed E-state index contributed by atoms with van der Waals surface area (Å²) in [4.78, 5) is 15.8. The highest BCUT2D eigenvalue weighted by molar-refractivity contribution is 5.91. The molecule has 0 fully saturated rings. The molecule has 1 amide bonds. The molecule has 2 rings (SSSR count). The van der Waals surface area contributed by atoms with Gasteiger partial charge in [0.2, 0.25) is 5.88 Å². The second-order valence-corrected chi connectivity index (χ2v) is 5.83. The highest BCUT2D eigenvalue weighted by Gasteiger charge is 2.13.